The Morgan fingerprint density at radius 1 is 1.29 bits per heavy atom. The maximum atomic E-state index is 11.0. The number of carbonyl (C=O) groups excluding carboxylic acids is 3. The maximum Gasteiger partial charge on any atom is 0.248 e. The SMILES string of the molecule is CCc1nc2[nH]c(C)c(OC(C)C)c2cc1NC=O.Cc1ccsc1.O=CNC1CCN(C(=O)CO)CC1. The quantitative estimate of drug-likeness (QED) is 0.320. The fourth-order valence-corrected chi connectivity index (χ4v) is 4.59. The van der Waals surface area contributed by atoms with Crippen molar-refractivity contribution in [3.63, 3.8) is 0 Å². The van der Waals surface area contributed by atoms with E-state index in [1.807, 2.05) is 33.8 Å². The summed E-state index contributed by atoms with van der Waals surface area (Å²) in [5.74, 6) is 0.568. The monoisotopic (exact) mass is 545 g/mol. The highest BCUT2D eigenvalue weighted by Gasteiger charge is 2.21. The van der Waals surface area contributed by atoms with Crippen molar-refractivity contribution in [2.75, 3.05) is 25.0 Å². The molecule has 0 atom stereocenters. The van der Waals surface area contributed by atoms with E-state index < -0.39 is 6.61 Å². The molecule has 0 radical (unpaired) electrons. The third-order valence-electron chi connectivity index (χ3n) is 5.85. The zero-order valence-corrected chi connectivity index (χ0v) is 23.6. The molecule has 0 aromatic carbocycles. The van der Waals surface area contributed by atoms with Gasteiger partial charge in [-0.1, -0.05) is 6.92 Å². The minimum Gasteiger partial charge on any atom is -0.488 e. The number of H-pyrrole nitrogens is 1. The van der Waals surface area contributed by atoms with E-state index in [1.165, 1.54) is 5.56 Å². The highest BCUT2D eigenvalue weighted by molar-refractivity contribution is 7.07. The highest BCUT2D eigenvalue weighted by Crippen LogP contribution is 2.32. The van der Waals surface area contributed by atoms with E-state index in [0.717, 1.165) is 53.1 Å². The van der Waals surface area contributed by atoms with Crippen LogP contribution in [0.5, 0.6) is 5.75 Å². The van der Waals surface area contributed by atoms with Gasteiger partial charge in [-0.15, -0.1) is 0 Å². The van der Waals surface area contributed by atoms with Gasteiger partial charge < -0.3 is 30.4 Å². The van der Waals surface area contributed by atoms with Crippen LogP contribution in [0.15, 0.2) is 22.9 Å². The predicted molar refractivity (Wildman–Crippen MR) is 151 cm³/mol. The summed E-state index contributed by atoms with van der Waals surface area (Å²) >= 11 is 1.74. The van der Waals surface area contributed by atoms with Crippen molar-refractivity contribution in [2.45, 2.75) is 66.0 Å². The third-order valence-corrected chi connectivity index (χ3v) is 6.65. The summed E-state index contributed by atoms with van der Waals surface area (Å²) in [7, 11) is 0. The summed E-state index contributed by atoms with van der Waals surface area (Å²) in [6.07, 6.45) is 3.74. The number of thiophene rings is 1. The molecule has 4 rings (SSSR count). The van der Waals surface area contributed by atoms with E-state index in [0.29, 0.717) is 25.9 Å². The number of rotatable bonds is 8. The van der Waals surface area contributed by atoms with E-state index in [4.69, 9.17) is 9.84 Å². The minimum absolute atomic E-state index is 0.0889. The number of likely N-dealkylation sites (tertiary alicyclic amines) is 1. The number of aliphatic hydroxyl groups is 1. The van der Waals surface area contributed by atoms with Crippen molar-refractivity contribution in [3.8, 4) is 5.75 Å². The molecule has 3 aromatic heterocycles. The molecule has 0 unspecified atom stereocenters. The summed E-state index contributed by atoms with van der Waals surface area (Å²) in [5.41, 5.74) is 4.69. The average Bonchev–Trinajstić information content (AvgIpc) is 3.50. The van der Waals surface area contributed by atoms with Crippen LogP contribution in [0.2, 0.25) is 0 Å². The number of carbonyl (C=O) groups is 3. The summed E-state index contributed by atoms with van der Waals surface area (Å²) < 4.78 is 5.82. The van der Waals surface area contributed by atoms with Crippen molar-refractivity contribution in [2.24, 2.45) is 0 Å². The minimum atomic E-state index is -0.425. The van der Waals surface area contributed by atoms with Crippen LogP contribution in [-0.4, -0.2) is 70.5 Å². The molecule has 38 heavy (non-hydrogen) atoms. The van der Waals surface area contributed by atoms with Crippen LogP contribution in [0.4, 0.5) is 5.69 Å². The number of nitrogens with one attached hydrogen (secondary N) is 3. The first kappa shape index (κ1) is 30.8. The van der Waals surface area contributed by atoms with E-state index >= 15 is 0 Å². The van der Waals surface area contributed by atoms with Crippen LogP contribution < -0.4 is 15.4 Å². The fourth-order valence-electron chi connectivity index (χ4n) is 3.93. The van der Waals surface area contributed by atoms with Gasteiger partial charge in [-0.05, 0) is 75.4 Å². The normalized spacial score (nSPS) is 13.2. The Morgan fingerprint density at radius 3 is 2.47 bits per heavy atom. The molecular weight excluding hydrogens is 506 g/mol. The molecule has 208 valence electrons. The second-order valence-electron chi connectivity index (χ2n) is 9.14. The number of nitrogens with zero attached hydrogens (tertiary/aromatic N) is 2. The molecule has 0 saturated carbocycles. The number of aliphatic hydroxyl groups excluding tert-OH is 1. The van der Waals surface area contributed by atoms with Crippen LogP contribution in [-0.2, 0) is 20.8 Å². The molecule has 1 fully saturated rings. The summed E-state index contributed by atoms with van der Waals surface area (Å²) in [6, 6.07) is 4.20. The van der Waals surface area contributed by atoms with Crippen LogP contribution in [0, 0.1) is 13.8 Å². The van der Waals surface area contributed by atoms with Crippen LogP contribution in [0.1, 0.15) is 50.6 Å². The molecule has 3 amide bonds. The van der Waals surface area contributed by atoms with Gasteiger partial charge in [0.1, 0.15) is 18.0 Å². The van der Waals surface area contributed by atoms with Crippen molar-refractivity contribution < 1.29 is 24.2 Å². The van der Waals surface area contributed by atoms with Crippen molar-refractivity contribution in [1.29, 1.82) is 0 Å². The van der Waals surface area contributed by atoms with Gasteiger partial charge in [-0.2, -0.15) is 11.3 Å². The number of aryl methyl sites for hydroxylation is 3. The Morgan fingerprint density at radius 2 is 2.00 bits per heavy atom. The number of amides is 3. The van der Waals surface area contributed by atoms with Gasteiger partial charge in [-0.3, -0.25) is 14.4 Å². The van der Waals surface area contributed by atoms with Gasteiger partial charge in [0.2, 0.25) is 18.7 Å². The highest BCUT2D eigenvalue weighted by atomic mass is 32.1. The van der Waals surface area contributed by atoms with Crippen LogP contribution >= 0.6 is 11.3 Å². The molecule has 1 saturated heterocycles. The first-order chi connectivity index (χ1) is 18.2. The molecule has 11 heteroatoms. The lowest BCUT2D eigenvalue weighted by Gasteiger charge is -2.31. The number of hydrogen-bond acceptors (Lipinski definition) is 7. The van der Waals surface area contributed by atoms with E-state index in [1.54, 1.807) is 16.2 Å². The molecule has 0 bridgehead atoms. The van der Waals surface area contributed by atoms with Crippen molar-refractivity contribution in [1.82, 2.24) is 20.2 Å². The van der Waals surface area contributed by atoms with E-state index in [2.05, 4.69) is 44.4 Å². The number of fused-ring (bicyclic) bond motifs is 1. The number of ether oxygens (including phenoxy) is 1. The lowest BCUT2D eigenvalue weighted by atomic mass is 10.1. The maximum absolute atomic E-state index is 11.0. The Balaban J connectivity index is 0.000000229. The van der Waals surface area contributed by atoms with Gasteiger partial charge in [0.05, 0.1) is 28.6 Å². The lowest BCUT2D eigenvalue weighted by molar-refractivity contribution is -0.135. The van der Waals surface area contributed by atoms with Gasteiger partial charge in [0, 0.05) is 19.1 Å². The predicted octanol–water partition coefficient (Wildman–Crippen LogP) is 3.56. The lowest BCUT2D eigenvalue weighted by Crippen LogP contribution is -2.45. The molecular formula is C27H39N5O5S. The first-order valence-electron chi connectivity index (χ1n) is 12.7. The Labute approximate surface area is 227 Å². The third kappa shape index (κ3) is 9.14. The smallest absolute Gasteiger partial charge is 0.248 e. The molecule has 3 aromatic rings. The number of anilines is 1. The van der Waals surface area contributed by atoms with Crippen LogP contribution in [0.25, 0.3) is 11.0 Å². The zero-order valence-electron chi connectivity index (χ0n) is 22.7. The number of hydrogen-bond donors (Lipinski definition) is 4. The topological polar surface area (TPSA) is 137 Å². The van der Waals surface area contributed by atoms with Crippen LogP contribution in [0.3, 0.4) is 0 Å². The Bertz CT molecular complexity index is 1150. The molecule has 0 spiro atoms. The largest absolute Gasteiger partial charge is 0.488 e. The Hall–Kier alpha value is -3.44. The molecule has 0 aliphatic carbocycles. The number of pyridine rings is 1. The van der Waals surface area contributed by atoms with Gasteiger partial charge in [-0.25, -0.2) is 4.98 Å². The standard InChI is InChI=1S/C14H19N3O2.C8H14N2O3.C5H6S/c1-5-11-12(15-7-18)6-10-13(19-8(2)3)9(4)16-14(10)17-11;11-5-8(13)10-3-1-7(2-4-10)9-6-12;1-5-2-3-6-4-5/h6-8H,5H2,1-4H3,(H,15,18)(H,16,17);6-7,11H,1-5H2,(H,9,12);2-4H,1H3. The summed E-state index contributed by atoms with van der Waals surface area (Å²) in [5, 5.41) is 19.1. The number of aromatic nitrogens is 2. The number of aromatic amines is 1. The molecule has 1 aliphatic heterocycles. The van der Waals surface area contributed by atoms with Crippen molar-refractivity contribution >= 4 is 46.8 Å². The summed E-state index contributed by atoms with van der Waals surface area (Å²) in [4.78, 5) is 41.2. The molecule has 4 heterocycles. The summed E-state index contributed by atoms with van der Waals surface area (Å²) in [6.45, 7) is 10.8. The van der Waals surface area contributed by atoms with Gasteiger partial charge in [0.25, 0.3) is 0 Å². The number of piperidine rings is 1. The first-order valence-corrected chi connectivity index (χ1v) is 13.6. The van der Waals surface area contributed by atoms with E-state index in [9.17, 15) is 14.4 Å². The van der Waals surface area contributed by atoms with E-state index in [-0.39, 0.29) is 18.1 Å². The van der Waals surface area contributed by atoms with Crippen molar-refractivity contribution in [3.05, 3.63) is 39.8 Å². The molecule has 10 nitrogen and oxygen atoms in total. The zero-order chi connectivity index (χ0) is 28.1. The van der Waals surface area contributed by atoms with Gasteiger partial charge in [0.15, 0.2) is 0 Å². The second-order valence-corrected chi connectivity index (χ2v) is 9.92. The fraction of sp³-hybridized carbons (Fsp3) is 0.481. The average molecular weight is 546 g/mol. The molecule has 4 N–H and O–H groups in total. The Kier molecular flexibility index (Phi) is 12.7. The van der Waals surface area contributed by atoms with Gasteiger partial charge >= 0.3 is 0 Å². The second kappa shape index (κ2) is 15.7. The molecule has 1 aliphatic rings.